The van der Waals surface area contributed by atoms with Gasteiger partial charge in [0.15, 0.2) is 0 Å². The topological polar surface area (TPSA) is 54.4 Å². The van der Waals surface area contributed by atoms with Crippen LogP contribution in [-0.4, -0.2) is 64.1 Å². The van der Waals surface area contributed by atoms with Crippen molar-refractivity contribution in [3.63, 3.8) is 0 Å². The van der Waals surface area contributed by atoms with Crippen molar-refractivity contribution in [2.24, 2.45) is 0 Å². The Balaban J connectivity index is 1.46. The van der Waals surface area contributed by atoms with Crippen molar-refractivity contribution in [2.45, 2.75) is 45.1 Å². The molecular weight excluding hydrogens is 488 g/mol. The molecule has 1 N–H and O–H groups in total. The highest BCUT2D eigenvalue weighted by molar-refractivity contribution is 5.60. The van der Waals surface area contributed by atoms with Crippen molar-refractivity contribution in [3.8, 4) is 11.5 Å². The minimum absolute atomic E-state index is 0.426. The van der Waals surface area contributed by atoms with Crippen molar-refractivity contribution in [1.82, 2.24) is 4.90 Å². The van der Waals surface area contributed by atoms with Gasteiger partial charge in [0.1, 0.15) is 18.1 Å². The fourth-order valence-electron chi connectivity index (χ4n) is 5.40. The van der Waals surface area contributed by atoms with Crippen LogP contribution in [0.2, 0.25) is 0 Å². The first-order chi connectivity index (χ1) is 19.0. The molecule has 0 saturated carbocycles. The van der Waals surface area contributed by atoms with E-state index in [-0.39, 0.29) is 0 Å². The Morgan fingerprint density at radius 3 is 2.49 bits per heavy atom. The number of methoxy groups -OCH3 is 2. The zero-order valence-corrected chi connectivity index (χ0v) is 24.0. The van der Waals surface area contributed by atoms with Crippen LogP contribution in [0.25, 0.3) is 0 Å². The van der Waals surface area contributed by atoms with E-state index in [1.165, 1.54) is 28.0 Å². The summed E-state index contributed by atoms with van der Waals surface area (Å²) in [5.41, 5.74) is 6.48. The average molecular weight is 533 g/mol. The van der Waals surface area contributed by atoms with Crippen molar-refractivity contribution >= 4 is 5.69 Å². The summed E-state index contributed by atoms with van der Waals surface area (Å²) in [5.74, 6) is 2.66. The SMILES string of the molecule is CCN(Cc1ccc(OCCN(C)CCOC)cc1)c1cc(OC)ccc1[C@H]1CCC2=C(C=CCC(O)=C2)C1. The molecule has 2 aliphatic carbocycles. The number of ether oxygens (including phenoxy) is 3. The van der Waals surface area contributed by atoms with Crippen molar-refractivity contribution in [1.29, 1.82) is 0 Å². The summed E-state index contributed by atoms with van der Waals surface area (Å²) in [5, 5.41) is 10.1. The van der Waals surface area contributed by atoms with Crippen LogP contribution in [-0.2, 0) is 11.3 Å². The number of hydrogen-bond donors (Lipinski definition) is 1. The van der Waals surface area contributed by atoms with Gasteiger partial charge in [0.05, 0.1) is 19.5 Å². The summed E-state index contributed by atoms with van der Waals surface area (Å²) >= 11 is 0. The molecule has 0 heterocycles. The van der Waals surface area contributed by atoms with Crippen molar-refractivity contribution in [2.75, 3.05) is 59.0 Å². The molecule has 0 aromatic heterocycles. The summed E-state index contributed by atoms with van der Waals surface area (Å²) in [6.07, 6.45) is 9.92. The minimum atomic E-state index is 0.426. The Morgan fingerprint density at radius 1 is 0.974 bits per heavy atom. The van der Waals surface area contributed by atoms with E-state index in [1.54, 1.807) is 14.2 Å². The smallest absolute Gasteiger partial charge is 0.120 e. The molecule has 0 amide bonds. The zero-order chi connectivity index (χ0) is 27.6. The van der Waals surface area contributed by atoms with E-state index < -0.39 is 0 Å². The van der Waals surface area contributed by atoms with Crippen LogP contribution in [0.15, 0.2) is 77.6 Å². The van der Waals surface area contributed by atoms with Gasteiger partial charge in [0.2, 0.25) is 0 Å². The normalized spacial score (nSPS) is 17.1. The highest BCUT2D eigenvalue weighted by Gasteiger charge is 2.25. The number of benzene rings is 2. The Kier molecular flexibility index (Phi) is 10.5. The van der Waals surface area contributed by atoms with Crippen LogP contribution in [0.1, 0.15) is 49.7 Å². The number of hydrogen-bond acceptors (Lipinski definition) is 6. The third-order valence-electron chi connectivity index (χ3n) is 7.74. The van der Waals surface area contributed by atoms with Gasteiger partial charge in [-0.1, -0.05) is 30.4 Å². The number of anilines is 1. The summed E-state index contributed by atoms with van der Waals surface area (Å²) in [7, 11) is 5.54. The fourth-order valence-corrected chi connectivity index (χ4v) is 5.40. The lowest BCUT2D eigenvalue weighted by Gasteiger charge is -2.32. The first-order valence-electron chi connectivity index (χ1n) is 14.1. The molecule has 4 rings (SSSR count). The van der Waals surface area contributed by atoms with Gasteiger partial charge >= 0.3 is 0 Å². The summed E-state index contributed by atoms with van der Waals surface area (Å²) in [4.78, 5) is 4.65. The predicted octanol–water partition coefficient (Wildman–Crippen LogP) is 6.64. The second-order valence-electron chi connectivity index (χ2n) is 10.5. The highest BCUT2D eigenvalue weighted by atomic mass is 16.5. The quantitative estimate of drug-likeness (QED) is 0.312. The Hall–Kier alpha value is -3.22. The third-order valence-corrected chi connectivity index (χ3v) is 7.74. The molecule has 6 nitrogen and oxygen atoms in total. The van der Waals surface area contributed by atoms with Gasteiger partial charge in [0.25, 0.3) is 0 Å². The molecule has 0 saturated heterocycles. The van der Waals surface area contributed by atoms with Crippen LogP contribution < -0.4 is 14.4 Å². The van der Waals surface area contributed by atoms with Gasteiger partial charge in [-0.2, -0.15) is 0 Å². The van der Waals surface area contributed by atoms with E-state index in [4.69, 9.17) is 14.2 Å². The van der Waals surface area contributed by atoms with Gasteiger partial charge in [-0.25, -0.2) is 0 Å². The molecule has 0 bridgehead atoms. The van der Waals surface area contributed by atoms with E-state index in [1.807, 2.05) is 6.08 Å². The number of rotatable bonds is 13. The minimum Gasteiger partial charge on any atom is -0.512 e. The van der Waals surface area contributed by atoms with E-state index >= 15 is 0 Å². The monoisotopic (exact) mass is 532 g/mol. The molecule has 0 unspecified atom stereocenters. The second-order valence-corrected chi connectivity index (χ2v) is 10.5. The molecule has 0 aliphatic heterocycles. The van der Waals surface area contributed by atoms with Crippen LogP contribution in [0, 0.1) is 0 Å². The predicted molar refractivity (Wildman–Crippen MR) is 159 cm³/mol. The van der Waals surface area contributed by atoms with Crippen LogP contribution in [0.4, 0.5) is 5.69 Å². The summed E-state index contributed by atoms with van der Waals surface area (Å²) in [6, 6.07) is 15.0. The third kappa shape index (κ3) is 7.90. The maximum atomic E-state index is 10.1. The fraction of sp³-hybridized carbons (Fsp3) is 0.455. The zero-order valence-electron chi connectivity index (χ0n) is 24.0. The molecule has 39 heavy (non-hydrogen) atoms. The number of nitrogens with zero attached hydrogens (tertiary/aromatic N) is 2. The first-order valence-corrected chi connectivity index (χ1v) is 14.1. The summed E-state index contributed by atoms with van der Waals surface area (Å²) < 4.78 is 16.7. The van der Waals surface area contributed by atoms with Gasteiger partial charge in [-0.05, 0) is 85.7 Å². The van der Waals surface area contributed by atoms with Gasteiger partial charge < -0.3 is 29.1 Å². The number of aliphatic hydroxyl groups is 1. The van der Waals surface area contributed by atoms with Crippen LogP contribution >= 0.6 is 0 Å². The maximum Gasteiger partial charge on any atom is 0.120 e. The molecule has 6 heteroatoms. The van der Waals surface area contributed by atoms with Crippen LogP contribution in [0.5, 0.6) is 11.5 Å². The van der Waals surface area contributed by atoms with E-state index in [0.717, 1.165) is 63.5 Å². The Labute approximate surface area is 234 Å². The van der Waals surface area contributed by atoms with Crippen molar-refractivity contribution in [3.05, 3.63) is 88.7 Å². The molecule has 2 aromatic rings. The lowest BCUT2D eigenvalue weighted by molar-refractivity contribution is 0.150. The molecule has 0 fully saturated rings. The first kappa shape index (κ1) is 28.8. The molecule has 210 valence electrons. The molecule has 2 aliphatic rings. The van der Waals surface area contributed by atoms with Gasteiger partial charge in [-0.3, -0.25) is 0 Å². The maximum absolute atomic E-state index is 10.1. The molecule has 0 spiro atoms. The second kappa shape index (κ2) is 14.2. The largest absolute Gasteiger partial charge is 0.512 e. The number of aliphatic hydroxyl groups excluding tert-OH is 1. The summed E-state index contributed by atoms with van der Waals surface area (Å²) in [6.45, 7) is 7.06. The Bertz CT molecular complexity index is 1170. The van der Waals surface area contributed by atoms with E-state index in [0.29, 0.717) is 24.7 Å². The van der Waals surface area contributed by atoms with Gasteiger partial charge in [-0.15, -0.1) is 0 Å². The van der Waals surface area contributed by atoms with E-state index in [2.05, 4.69) is 78.4 Å². The lowest BCUT2D eigenvalue weighted by atomic mass is 9.79. The number of likely N-dealkylation sites (N-methyl/N-ethyl adjacent to an activating group) is 1. The van der Waals surface area contributed by atoms with Gasteiger partial charge in [0, 0.05) is 51.5 Å². The highest BCUT2D eigenvalue weighted by Crippen LogP contribution is 2.43. The number of allylic oxidation sites excluding steroid dienone is 5. The Morgan fingerprint density at radius 2 is 1.74 bits per heavy atom. The lowest BCUT2D eigenvalue weighted by Crippen LogP contribution is -2.27. The molecular formula is C33H44N2O4. The van der Waals surface area contributed by atoms with E-state index in [9.17, 15) is 5.11 Å². The molecule has 1 atom stereocenters. The van der Waals surface area contributed by atoms with Crippen molar-refractivity contribution < 1.29 is 19.3 Å². The standard InChI is InChI=1S/C33H44N2O4/c1-5-35(24-25-9-13-30(14-10-25)39-20-18-34(2)17-19-37-3)33-23-31(38-4)15-16-32(33)28-12-11-27-22-29(36)8-6-7-26(27)21-28/h6-7,9-10,13-16,22-23,28,36H,5,8,11-12,17-21,24H2,1-4H3/t28-/m0/s1. The average Bonchev–Trinajstić information content (AvgIpc) is 3.15. The molecule has 0 radical (unpaired) electrons. The molecule has 2 aromatic carbocycles. The van der Waals surface area contributed by atoms with Crippen LogP contribution in [0.3, 0.4) is 0 Å².